The molecule has 0 aromatic rings. The van der Waals surface area contributed by atoms with Crippen LogP contribution in [0.25, 0.3) is 0 Å². The van der Waals surface area contributed by atoms with Gasteiger partial charge in [-0.2, -0.15) is 0 Å². The van der Waals surface area contributed by atoms with Crippen LogP contribution in [0.5, 0.6) is 0 Å². The first-order chi connectivity index (χ1) is 12.2. The van der Waals surface area contributed by atoms with E-state index >= 15 is 0 Å². The number of hydrogen-bond acceptors (Lipinski definition) is 7. The third kappa shape index (κ3) is 5.16. The number of carbonyl (C=O) groups is 4. The Morgan fingerprint density at radius 3 is 2.15 bits per heavy atom. The zero-order valence-corrected chi connectivity index (χ0v) is 15.0. The van der Waals surface area contributed by atoms with Gasteiger partial charge in [-0.3, -0.25) is 19.2 Å². The molecular formula is C17H23NO8. The van der Waals surface area contributed by atoms with E-state index in [0.29, 0.717) is 12.0 Å². The summed E-state index contributed by atoms with van der Waals surface area (Å²) in [6.07, 6.45) is 0.334. The SMILES string of the molecule is COC1=C(OC)C(=O)C(CCCNC(CCC(=O)O)C(=O)O)=C(C)C1=O. The lowest BCUT2D eigenvalue weighted by molar-refractivity contribution is -0.140. The van der Waals surface area contributed by atoms with Crippen molar-refractivity contribution < 1.29 is 38.9 Å². The number of carbonyl (C=O) groups excluding carboxylic acids is 2. The molecule has 9 nitrogen and oxygen atoms in total. The van der Waals surface area contributed by atoms with Gasteiger partial charge in [-0.1, -0.05) is 0 Å². The highest BCUT2D eigenvalue weighted by Gasteiger charge is 2.34. The first kappa shape index (κ1) is 21.4. The number of ether oxygens (including phenoxy) is 2. The highest BCUT2D eigenvalue weighted by Crippen LogP contribution is 2.28. The van der Waals surface area contributed by atoms with E-state index in [1.807, 2.05) is 0 Å². The normalized spacial score (nSPS) is 16.0. The molecule has 0 heterocycles. The minimum atomic E-state index is -1.14. The summed E-state index contributed by atoms with van der Waals surface area (Å²) in [7, 11) is 2.56. The Morgan fingerprint density at radius 1 is 1.08 bits per heavy atom. The van der Waals surface area contributed by atoms with Crippen molar-refractivity contribution in [3.63, 3.8) is 0 Å². The van der Waals surface area contributed by atoms with E-state index in [9.17, 15) is 19.2 Å². The number of Topliss-reactive ketones (excluding diaryl/α,β-unsaturated/α-hetero) is 2. The predicted molar refractivity (Wildman–Crippen MR) is 89.3 cm³/mol. The fourth-order valence-corrected chi connectivity index (χ4v) is 2.61. The van der Waals surface area contributed by atoms with Crippen molar-refractivity contribution in [3.8, 4) is 0 Å². The molecule has 0 amide bonds. The zero-order valence-electron chi connectivity index (χ0n) is 15.0. The zero-order chi connectivity index (χ0) is 19.9. The number of aliphatic carboxylic acids is 2. The van der Waals surface area contributed by atoms with Crippen molar-refractivity contribution >= 4 is 23.5 Å². The van der Waals surface area contributed by atoms with Crippen LogP contribution in [0, 0.1) is 0 Å². The molecule has 0 aliphatic heterocycles. The molecule has 1 unspecified atom stereocenters. The number of ketones is 2. The van der Waals surface area contributed by atoms with Crippen LogP contribution in [0.4, 0.5) is 0 Å². The first-order valence-corrected chi connectivity index (χ1v) is 8.03. The van der Waals surface area contributed by atoms with Crippen LogP contribution in [-0.2, 0) is 28.7 Å². The van der Waals surface area contributed by atoms with E-state index in [4.69, 9.17) is 19.7 Å². The van der Waals surface area contributed by atoms with Crippen LogP contribution in [0.1, 0.15) is 32.6 Å². The molecule has 26 heavy (non-hydrogen) atoms. The summed E-state index contributed by atoms with van der Waals surface area (Å²) in [6, 6.07) is -0.987. The van der Waals surface area contributed by atoms with Crippen LogP contribution in [0.15, 0.2) is 22.7 Å². The summed E-state index contributed by atoms with van der Waals surface area (Å²) in [5, 5.41) is 20.5. The largest absolute Gasteiger partial charge is 0.489 e. The van der Waals surface area contributed by atoms with Gasteiger partial charge in [-0.15, -0.1) is 0 Å². The third-order valence-corrected chi connectivity index (χ3v) is 4.03. The van der Waals surface area contributed by atoms with Gasteiger partial charge in [0.2, 0.25) is 23.1 Å². The topological polar surface area (TPSA) is 139 Å². The van der Waals surface area contributed by atoms with Gasteiger partial charge >= 0.3 is 11.9 Å². The molecule has 144 valence electrons. The number of allylic oxidation sites excluding steroid dienone is 2. The van der Waals surface area contributed by atoms with Gasteiger partial charge in [-0.05, 0) is 32.7 Å². The van der Waals surface area contributed by atoms with E-state index < -0.39 is 29.5 Å². The molecule has 1 rings (SSSR count). The fraction of sp³-hybridized carbons (Fsp3) is 0.529. The monoisotopic (exact) mass is 369 g/mol. The quantitative estimate of drug-likeness (QED) is 0.354. The van der Waals surface area contributed by atoms with Crippen LogP contribution in [0.2, 0.25) is 0 Å². The van der Waals surface area contributed by atoms with E-state index in [1.54, 1.807) is 0 Å². The van der Waals surface area contributed by atoms with E-state index in [0.717, 1.165) is 0 Å². The summed E-state index contributed by atoms with van der Waals surface area (Å²) in [4.78, 5) is 46.3. The lowest BCUT2D eigenvalue weighted by Crippen LogP contribution is -2.37. The molecule has 3 N–H and O–H groups in total. The van der Waals surface area contributed by atoms with Gasteiger partial charge in [-0.25, -0.2) is 0 Å². The lowest BCUT2D eigenvalue weighted by atomic mass is 9.90. The van der Waals surface area contributed by atoms with Gasteiger partial charge in [0.05, 0.1) is 14.2 Å². The maximum Gasteiger partial charge on any atom is 0.320 e. The molecule has 0 spiro atoms. The second kappa shape index (κ2) is 9.71. The predicted octanol–water partition coefficient (Wildman–Crippen LogP) is 0.647. The second-order valence-corrected chi connectivity index (χ2v) is 5.71. The molecule has 0 saturated carbocycles. The fourth-order valence-electron chi connectivity index (χ4n) is 2.61. The smallest absolute Gasteiger partial charge is 0.320 e. The van der Waals surface area contributed by atoms with Gasteiger partial charge in [0.25, 0.3) is 0 Å². The molecule has 9 heteroatoms. The maximum absolute atomic E-state index is 12.4. The number of carboxylic acids is 2. The van der Waals surface area contributed by atoms with Gasteiger partial charge in [0.1, 0.15) is 6.04 Å². The van der Waals surface area contributed by atoms with Gasteiger partial charge < -0.3 is 25.0 Å². The number of hydrogen-bond donors (Lipinski definition) is 3. The molecule has 0 radical (unpaired) electrons. The summed E-state index contributed by atoms with van der Waals surface area (Å²) in [5.74, 6) is -3.33. The van der Waals surface area contributed by atoms with Crippen molar-refractivity contribution in [1.82, 2.24) is 5.32 Å². The van der Waals surface area contributed by atoms with E-state index in [2.05, 4.69) is 5.32 Å². The molecule has 1 atom stereocenters. The summed E-state index contributed by atoms with van der Waals surface area (Å²) in [6.45, 7) is 1.78. The Labute approximate surface area is 150 Å². The van der Waals surface area contributed by atoms with Crippen molar-refractivity contribution in [3.05, 3.63) is 22.7 Å². The van der Waals surface area contributed by atoms with Crippen LogP contribution < -0.4 is 5.32 Å². The maximum atomic E-state index is 12.4. The van der Waals surface area contributed by atoms with Gasteiger partial charge in [0.15, 0.2) is 0 Å². The van der Waals surface area contributed by atoms with E-state index in [1.165, 1.54) is 21.1 Å². The Kier molecular flexibility index (Phi) is 7.98. The van der Waals surface area contributed by atoms with E-state index in [-0.39, 0.29) is 42.9 Å². The minimum Gasteiger partial charge on any atom is -0.489 e. The van der Waals surface area contributed by atoms with Crippen LogP contribution in [0.3, 0.4) is 0 Å². The molecule has 0 bridgehead atoms. The summed E-state index contributed by atoms with van der Waals surface area (Å²) < 4.78 is 9.94. The van der Waals surface area contributed by atoms with Crippen molar-refractivity contribution in [1.29, 1.82) is 0 Å². The standard InChI is InChI=1S/C17H23NO8/c1-9-10(14(22)16(26-3)15(25-2)13(9)21)5-4-8-18-11(17(23)24)6-7-12(19)20/h11,18H,4-8H2,1-3H3,(H,19,20)(H,23,24). The Bertz CT molecular complexity index is 662. The molecule has 1 aliphatic carbocycles. The number of rotatable bonds is 11. The lowest BCUT2D eigenvalue weighted by Gasteiger charge is -2.20. The molecule has 0 aromatic heterocycles. The number of nitrogens with one attached hydrogen (secondary N) is 1. The second-order valence-electron chi connectivity index (χ2n) is 5.71. The Balaban J connectivity index is 2.68. The highest BCUT2D eigenvalue weighted by molar-refractivity contribution is 6.23. The van der Waals surface area contributed by atoms with Gasteiger partial charge in [0, 0.05) is 17.6 Å². The highest BCUT2D eigenvalue weighted by atomic mass is 16.5. The van der Waals surface area contributed by atoms with Crippen molar-refractivity contribution in [2.24, 2.45) is 0 Å². The Hall–Kier alpha value is -2.68. The molecule has 0 aromatic carbocycles. The average Bonchev–Trinajstić information content (AvgIpc) is 2.58. The van der Waals surface area contributed by atoms with Crippen molar-refractivity contribution in [2.75, 3.05) is 20.8 Å². The number of carboxylic acid groups (broad SMARTS) is 2. The molecule has 0 fully saturated rings. The summed E-state index contributed by atoms with van der Waals surface area (Å²) >= 11 is 0. The molecular weight excluding hydrogens is 346 g/mol. The summed E-state index contributed by atoms with van der Waals surface area (Å²) in [5.41, 5.74) is 0.570. The molecule has 0 saturated heterocycles. The Morgan fingerprint density at radius 2 is 1.65 bits per heavy atom. The van der Waals surface area contributed by atoms with Crippen LogP contribution >= 0.6 is 0 Å². The first-order valence-electron chi connectivity index (χ1n) is 8.03. The van der Waals surface area contributed by atoms with Crippen LogP contribution in [-0.4, -0.2) is 60.5 Å². The number of methoxy groups -OCH3 is 2. The molecule has 1 aliphatic rings. The average molecular weight is 369 g/mol. The van der Waals surface area contributed by atoms with Crippen molar-refractivity contribution in [2.45, 2.75) is 38.6 Å². The third-order valence-electron chi connectivity index (χ3n) is 4.03. The minimum absolute atomic E-state index is 0.0441.